The highest BCUT2D eigenvalue weighted by Crippen LogP contribution is 2.31. The van der Waals surface area contributed by atoms with Gasteiger partial charge in [0.2, 0.25) is 11.8 Å². The van der Waals surface area contributed by atoms with Crippen molar-refractivity contribution in [2.24, 2.45) is 0 Å². The van der Waals surface area contributed by atoms with Gasteiger partial charge in [0.1, 0.15) is 0 Å². The zero-order valence-corrected chi connectivity index (χ0v) is 12.1. The first-order valence-corrected chi connectivity index (χ1v) is 6.69. The van der Waals surface area contributed by atoms with Gasteiger partial charge in [-0.1, -0.05) is 35.5 Å². The Morgan fingerprint density at radius 2 is 1.86 bits per heavy atom. The lowest BCUT2D eigenvalue weighted by Crippen LogP contribution is -2.26. The standard InChI is InChI=1S/C14H15N3O5/c1-9-14(17(20)21)13(22-15-9)8-12(10(2)16(18)19)11-6-4-3-5-7-11/h3-7,10,12H,8H2,1-2H3/t10-,12?/m1/s1. The minimum atomic E-state index is -0.910. The van der Waals surface area contributed by atoms with Crippen LogP contribution in [0.3, 0.4) is 0 Å². The molecule has 8 nitrogen and oxygen atoms in total. The van der Waals surface area contributed by atoms with E-state index in [1.165, 1.54) is 13.8 Å². The summed E-state index contributed by atoms with van der Waals surface area (Å²) in [6.45, 7) is 2.95. The highest BCUT2D eigenvalue weighted by Gasteiger charge is 2.34. The Balaban J connectivity index is 2.40. The van der Waals surface area contributed by atoms with E-state index in [9.17, 15) is 20.2 Å². The maximum absolute atomic E-state index is 11.2. The van der Waals surface area contributed by atoms with Crippen molar-refractivity contribution in [2.75, 3.05) is 0 Å². The lowest BCUT2D eigenvalue weighted by atomic mass is 9.88. The second kappa shape index (κ2) is 6.33. The van der Waals surface area contributed by atoms with E-state index in [-0.39, 0.29) is 23.6 Å². The van der Waals surface area contributed by atoms with Crippen LogP contribution in [0.2, 0.25) is 0 Å². The van der Waals surface area contributed by atoms with Gasteiger partial charge in [-0.3, -0.25) is 20.2 Å². The molecule has 0 aliphatic carbocycles. The third kappa shape index (κ3) is 3.11. The number of hydrogen-bond donors (Lipinski definition) is 0. The zero-order chi connectivity index (χ0) is 16.3. The van der Waals surface area contributed by atoms with Gasteiger partial charge in [-0.2, -0.15) is 0 Å². The van der Waals surface area contributed by atoms with Crippen molar-refractivity contribution in [3.63, 3.8) is 0 Å². The summed E-state index contributed by atoms with van der Waals surface area (Å²) in [7, 11) is 0. The van der Waals surface area contributed by atoms with E-state index in [1.54, 1.807) is 30.3 Å². The molecule has 0 spiro atoms. The Labute approximate surface area is 126 Å². The summed E-state index contributed by atoms with van der Waals surface area (Å²) in [4.78, 5) is 21.3. The predicted octanol–water partition coefficient (Wildman–Crippen LogP) is 2.88. The number of aromatic nitrogens is 1. The summed E-state index contributed by atoms with van der Waals surface area (Å²) in [5.74, 6) is -0.479. The fourth-order valence-corrected chi connectivity index (χ4v) is 2.39. The first-order chi connectivity index (χ1) is 10.4. The topological polar surface area (TPSA) is 112 Å². The molecule has 8 heteroatoms. The van der Waals surface area contributed by atoms with Gasteiger partial charge in [-0.25, -0.2) is 0 Å². The van der Waals surface area contributed by atoms with E-state index < -0.39 is 21.8 Å². The Morgan fingerprint density at radius 1 is 1.23 bits per heavy atom. The van der Waals surface area contributed by atoms with Gasteiger partial charge in [0.15, 0.2) is 5.69 Å². The smallest absolute Gasteiger partial charge is 0.334 e. The SMILES string of the molecule is Cc1noc(CC(c2ccccc2)[C@@H](C)[N+](=O)[O-])c1[N+](=O)[O-]. The summed E-state index contributed by atoms with van der Waals surface area (Å²) in [5, 5.41) is 25.9. The number of nitro groups is 2. The monoisotopic (exact) mass is 305 g/mol. The summed E-state index contributed by atoms with van der Waals surface area (Å²) in [6, 6.07) is 7.97. The number of hydrogen-bond acceptors (Lipinski definition) is 6. The Morgan fingerprint density at radius 3 is 2.41 bits per heavy atom. The molecule has 1 unspecified atom stereocenters. The molecule has 0 saturated carbocycles. The normalized spacial score (nSPS) is 13.5. The molecule has 0 bridgehead atoms. The number of benzene rings is 1. The minimum absolute atomic E-state index is 0.0450. The van der Waals surface area contributed by atoms with Gasteiger partial charge in [-0.05, 0) is 12.5 Å². The Hall–Kier alpha value is -2.77. The quantitative estimate of drug-likeness (QED) is 0.599. The van der Waals surface area contributed by atoms with Crippen molar-refractivity contribution in [2.45, 2.75) is 32.2 Å². The minimum Gasteiger partial charge on any atom is -0.354 e. The molecular weight excluding hydrogens is 290 g/mol. The second-order valence-corrected chi connectivity index (χ2v) is 5.04. The fraction of sp³-hybridized carbons (Fsp3) is 0.357. The molecule has 0 aliphatic heterocycles. The average molecular weight is 305 g/mol. The van der Waals surface area contributed by atoms with Gasteiger partial charge >= 0.3 is 5.69 Å². The molecule has 2 rings (SSSR count). The lowest BCUT2D eigenvalue weighted by Gasteiger charge is -2.17. The van der Waals surface area contributed by atoms with E-state index in [2.05, 4.69) is 5.16 Å². The predicted molar refractivity (Wildman–Crippen MR) is 77.2 cm³/mol. The molecule has 1 aromatic carbocycles. The summed E-state index contributed by atoms with van der Waals surface area (Å²) in [6.07, 6.45) is 0.0450. The largest absolute Gasteiger partial charge is 0.354 e. The molecule has 0 radical (unpaired) electrons. The van der Waals surface area contributed by atoms with E-state index in [1.807, 2.05) is 0 Å². The average Bonchev–Trinajstić information content (AvgIpc) is 2.85. The van der Waals surface area contributed by atoms with Crippen LogP contribution in [0.4, 0.5) is 5.69 Å². The molecule has 0 amide bonds. The van der Waals surface area contributed by atoms with E-state index in [0.717, 1.165) is 5.56 Å². The second-order valence-electron chi connectivity index (χ2n) is 5.04. The van der Waals surface area contributed by atoms with Crippen molar-refractivity contribution in [1.29, 1.82) is 0 Å². The zero-order valence-electron chi connectivity index (χ0n) is 12.1. The van der Waals surface area contributed by atoms with Gasteiger partial charge in [0, 0.05) is 18.3 Å². The summed E-state index contributed by atoms with van der Waals surface area (Å²) >= 11 is 0. The number of aryl methyl sites for hydroxylation is 1. The Bertz CT molecular complexity index is 683. The molecule has 0 N–H and O–H groups in total. The molecule has 1 heterocycles. The van der Waals surface area contributed by atoms with Gasteiger partial charge in [0.25, 0.3) is 0 Å². The van der Waals surface area contributed by atoms with Gasteiger partial charge in [0.05, 0.1) is 10.8 Å². The first-order valence-electron chi connectivity index (χ1n) is 6.69. The molecule has 2 aromatic rings. The molecule has 22 heavy (non-hydrogen) atoms. The third-order valence-electron chi connectivity index (χ3n) is 3.63. The number of nitrogens with zero attached hydrogens (tertiary/aromatic N) is 3. The third-order valence-corrected chi connectivity index (χ3v) is 3.63. The molecule has 1 aromatic heterocycles. The van der Waals surface area contributed by atoms with Gasteiger partial charge in [-0.15, -0.1) is 0 Å². The van der Waals surface area contributed by atoms with Crippen molar-refractivity contribution in [3.8, 4) is 0 Å². The summed E-state index contributed by atoms with van der Waals surface area (Å²) in [5.41, 5.74) is 0.687. The van der Waals surface area contributed by atoms with Crippen molar-refractivity contribution in [1.82, 2.24) is 5.16 Å². The van der Waals surface area contributed by atoms with E-state index in [4.69, 9.17) is 4.52 Å². The molecule has 116 valence electrons. The number of rotatable bonds is 6. The highest BCUT2D eigenvalue weighted by atomic mass is 16.6. The maximum Gasteiger partial charge on any atom is 0.334 e. The van der Waals surface area contributed by atoms with Crippen LogP contribution in [0.25, 0.3) is 0 Å². The van der Waals surface area contributed by atoms with Crippen LogP contribution in [-0.4, -0.2) is 21.0 Å². The van der Waals surface area contributed by atoms with Crippen LogP contribution >= 0.6 is 0 Å². The molecule has 0 aliphatic rings. The van der Waals surface area contributed by atoms with Gasteiger partial charge < -0.3 is 4.52 Å². The van der Waals surface area contributed by atoms with Crippen LogP contribution in [0.1, 0.15) is 29.9 Å². The van der Waals surface area contributed by atoms with Crippen LogP contribution in [-0.2, 0) is 6.42 Å². The van der Waals surface area contributed by atoms with E-state index in [0.29, 0.717) is 0 Å². The van der Waals surface area contributed by atoms with Crippen molar-refractivity contribution >= 4 is 5.69 Å². The highest BCUT2D eigenvalue weighted by molar-refractivity contribution is 5.39. The van der Waals surface area contributed by atoms with Crippen molar-refractivity contribution in [3.05, 3.63) is 67.6 Å². The maximum atomic E-state index is 11.2. The first kappa shape index (κ1) is 15.6. The van der Waals surface area contributed by atoms with E-state index >= 15 is 0 Å². The molecule has 0 saturated heterocycles. The fourth-order valence-electron chi connectivity index (χ4n) is 2.39. The van der Waals surface area contributed by atoms with Crippen LogP contribution in [0.5, 0.6) is 0 Å². The summed E-state index contributed by atoms with van der Waals surface area (Å²) < 4.78 is 5.02. The van der Waals surface area contributed by atoms with Crippen LogP contribution < -0.4 is 0 Å². The lowest BCUT2D eigenvalue weighted by molar-refractivity contribution is -0.522. The van der Waals surface area contributed by atoms with Crippen molar-refractivity contribution < 1.29 is 14.4 Å². The van der Waals surface area contributed by atoms with Crippen LogP contribution in [0.15, 0.2) is 34.9 Å². The molecule has 0 fully saturated rings. The molecule has 2 atom stereocenters. The van der Waals surface area contributed by atoms with Crippen LogP contribution in [0, 0.1) is 27.2 Å². The molecular formula is C14H15N3O5. The Kier molecular flexibility index (Phi) is 4.50.